The normalized spacial score (nSPS) is 22.6. The summed E-state index contributed by atoms with van der Waals surface area (Å²) >= 11 is 4.86. The molecule has 15 heavy (non-hydrogen) atoms. The van der Waals surface area contributed by atoms with Gasteiger partial charge in [-0.1, -0.05) is 0 Å². The summed E-state index contributed by atoms with van der Waals surface area (Å²) in [5, 5.41) is 4.16. The van der Waals surface area contributed by atoms with Crippen molar-refractivity contribution in [2.75, 3.05) is 26.1 Å². The summed E-state index contributed by atoms with van der Waals surface area (Å²) in [6.07, 6.45) is 1.56. The first-order valence-electron chi connectivity index (χ1n) is 4.37. The Hall–Kier alpha value is -0.660. The molecule has 0 radical (unpaired) electrons. The molecular formula is C8H13NO4S2. The molecular weight excluding hydrogens is 238 g/mol. The first-order chi connectivity index (χ1) is 7.03. The molecule has 1 atom stereocenters. The van der Waals surface area contributed by atoms with Gasteiger partial charge in [-0.25, -0.2) is 8.42 Å². The zero-order valence-corrected chi connectivity index (χ0v) is 9.94. The Morgan fingerprint density at radius 3 is 2.87 bits per heavy atom. The Balaban J connectivity index is 2.26. The van der Waals surface area contributed by atoms with Gasteiger partial charge in [0.1, 0.15) is 6.61 Å². The highest BCUT2D eigenvalue weighted by Gasteiger charge is 2.22. The van der Waals surface area contributed by atoms with E-state index in [-0.39, 0.29) is 17.0 Å². The maximum absolute atomic E-state index is 11.1. The van der Waals surface area contributed by atoms with Gasteiger partial charge in [0.15, 0.2) is 9.84 Å². The summed E-state index contributed by atoms with van der Waals surface area (Å²) < 4.78 is 32.0. The highest BCUT2D eigenvalue weighted by molar-refractivity contribution is 7.94. The van der Waals surface area contributed by atoms with E-state index >= 15 is 0 Å². The van der Waals surface area contributed by atoms with Crippen LogP contribution in [-0.4, -0.2) is 45.7 Å². The highest BCUT2D eigenvalue weighted by Crippen LogP contribution is 2.07. The third kappa shape index (κ3) is 4.59. The van der Waals surface area contributed by atoms with Crippen LogP contribution in [0.15, 0.2) is 11.5 Å². The van der Waals surface area contributed by atoms with Crippen molar-refractivity contribution in [2.45, 2.75) is 6.04 Å². The molecule has 5 nitrogen and oxygen atoms in total. The van der Waals surface area contributed by atoms with Crippen molar-refractivity contribution in [2.24, 2.45) is 0 Å². The number of nitrogens with one attached hydrogen (secondary N) is 1. The van der Waals surface area contributed by atoms with Crippen LogP contribution in [0.25, 0.3) is 0 Å². The average molecular weight is 251 g/mol. The lowest BCUT2D eigenvalue weighted by Crippen LogP contribution is -2.36. The molecule has 1 N–H and O–H groups in total. The SMILES string of the molecule is COCCOC(=S)NC1C=CS(=O)(=O)C1. The molecule has 1 aliphatic heterocycles. The van der Waals surface area contributed by atoms with Crippen LogP contribution >= 0.6 is 12.2 Å². The van der Waals surface area contributed by atoms with Crippen LogP contribution in [-0.2, 0) is 19.3 Å². The number of thiocarbonyl (C=S) groups is 1. The van der Waals surface area contributed by atoms with Crippen molar-refractivity contribution in [1.29, 1.82) is 0 Å². The molecule has 0 fully saturated rings. The second-order valence-corrected chi connectivity index (χ2v) is 5.34. The molecule has 7 heteroatoms. The predicted molar refractivity (Wildman–Crippen MR) is 60.3 cm³/mol. The number of ether oxygens (including phenoxy) is 2. The van der Waals surface area contributed by atoms with Crippen molar-refractivity contribution < 1.29 is 17.9 Å². The lowest BCUT2D eigenvalue weighted by molar-refractivity contribution is 0.140. The van der Waals surface area contributed by atoms with Gasteiger partial charge in [-0.05, 0) is 18.3 Å². The first-order valence-corrected chi connectivity index (χ1v) is 6.49. The first kappa shape index (κ1) is 12.4. The minimum atomic E-state index is -3.05. The van der Waals surface area contributed by atoms with Crippen LogP contribution in [0.5, 0.6) is 0 Å². The van der Waals surface area contributed by atoms with Crippen LogP contribution in [0.1, 0.15) is 0 Å². The molecule has 0 aromatic heterocycles. The minimum absolute atomic E-state index is 0.0285. The fourth-order valence-corrected chi connectivity index (χ4v) is 2.55. The second kappa shape index (κ2) is 5.43. The lowest BCUT2D eigenvalue weighted by Gasteiger charge is -2.12. The zero-order valence-electron chi connectivity index (χ0n) is 8.30. The Morgan fingerprint density at radius 1 is 1.60 bits per heavy atom. The molecule has 86 valence electrons. The van der Waals surface area contributed by atoms with Gasteiger partial charge in [-0.2, -0.15) is 0 Å². The summed E-state index contributed by atoms with van der Waals surface area (Å²) in [7, 11) is -1.49. The van der Waals surface area contributed by atoms with E-state index < -0.39 is 9.84 Å². The summed E-state index contributed by atoms with van der Waals surface area (Å²) in [6, 6.07) is -0.287. The van der Waals surface area contributed by atoms with Crippen LogP contribution in [0, 0.1) is 0 Å². The van der Waals surface area contributed by atoms with Gasteiger partial charge in [0.2, 0.25) is 0 Å². The third-order valence-corrected chi connectivity index (χ3v) is 3.39. The molecule has 0 saturated heterocycles. The Bertz CT molecular complexity index is 350. The van der Waals surface area contributed by atoms with E-state index in [1.54, 1.807) is 13.2 Å². The largest absolute Gasteiger partial charge is 0.469 e. The van der Waals surface area contributed by atoms with E-state index in [1.165, 1.54) is 5.41 Å². The van der Waals surface area contributed by atoms with Crippen LogP contribution < -0.4 is 5.32 Å². The van der Waals surface area contributed by atoms with E-state index in [2.05, 4.69) is 5.32 Å². The van der Waals surface area contributed by atoms with Gasteiger partial charge < -0.3 is 14.8 Å². The predicted octanol–water partition coefficient (Wildman–Crippen LogP) is -0.165. The summed E-state index contributed by atoms with van der Waals surface area (Å²) in [4.78, 5) is 0. The summed E-state index contributed by atoms with van der Waals surface area (Å²) in [5.41, 5.74) is 0. The zero-order chi connectivity index (χ0) is 11.3. The van der Waals surface area contributed by atoms with E-state index in [1.807, 2.05) is 0 Å². The standard InChI is InChI=1S/C8H13NO4S2/c1-12-3-4-13-8(14)9-7-2-5-15(10,11)6-7/h2,5,7H,3-4,6H2,1H3,(H,9,14). The summed E-state index contributed by atoms with van der Waals surface area (Å²) in [6.45, 7) is 0.798. The van der Waals surface area contributed by atoms with Crippen molar-refractivity contribution in [3.63, 3.8) is 0 Å². The van der Waals surface area contributed by atoms with Crippen LogP contribution in [0.4, 0.5) is 0 Å². The molecule has 0 aromatic rings. The Labute approximate surface area is 94.4 Å². The van der Waals surface area contributed by atoms with Crippen molar-refractivity contribution in [3.05, 3.63) is 11.5 Å². The molecule has 0 aromatic carbocycles. The summed E-state index contributed by atoms with van der Waals surface area (Å²) in [5.74, 6) is 0.0285. The molecule has 0 aliphatic carbocycles. The monoisotopic (exact) mass is 251 g/mol. The number of methoxy groups -OCH3 is 1. The highest BCUT2D eigenvalue weighted by atomic mass is 32.2. The van der Waals surface area contributed by atoms with Crippen molar-refractivity contribution >= 4 is 27.2 Å². The van der Waals surface area contributed by atoms with E-state index in [9.17, 15) is 8.42 Å². The smallest absolute Gasteiger partial charge is 0.257 e. The quantitative estimate of drug-likeness (QED) is 0.553. The number of hydrogen-bond donors (Lipinski definition) is 1. The van der Waals surface area contributed by atoms with Gasteiger partial charge in [0, 0.05) is 12.5 Å². The van der Waals surface area contributed by atoms with Gasteiger partial charge in [-0.3, -0.25) is 0 Å². The van der Waals surface area contributed by atoms with Crippen LogP contribution in [0.2, 0.25) is 0 Å². The van der Waals surface area contributed by atoms with E-state index in [0.717, 1.165) is 0 Å². The molecule has 1 heterocycles. The number of hydrogen-bond acceptors (Lipinski definition) is 5. The van der Waals surface area contributed by atoms with Gasteiger partial charge >= 0.3 is 0 Å². The molecule has 0 bridgehead atoms. The Morgan fingerprint density at radius 2 is 2.33 bits per heavy atom. The molecule has 0 saturated carbocycles. The lowest BCUT2D eigenvalue weighted by atomic mass is 10.3. The number of rotatable bonds is 4. The fourth-order valence-electron chi connectivity index (χ4n) is 1.08. The number of sulfone groups is 1. The van der Waals surface area contributed by atoms with Gasteiger partial charge in [0.25, 0.3) is 5.17 Å². The minimum Gasteiger partial charge on any atom is -0.469 e. The van der Waals surface area contributed by atoms with E-state index in [4.69, 9.17) is 21.7 Å². The topological polar surface area (TPSA) is 64.6 Å². The second-order valence-electron chi connectivity index (χ2n) is 3.04. The van der Waals surface area contributed by atoms with Crippen molar-refractivity contribution in [3.8, 4) is 0 Å². The maximum Gasteiger partial charge on any atom is 0.257 e. The van der Waals surface area contributed by atoms with Gasteiger partial charge in [-0.15, -0.1) is 0 Å². The molecule has 1 unspecified atom stereocenters. The van der Waals surface area contributed by atoms with Crippen molar-refractivity contribution in [1.82, 2.24) is 5.32 Å². The van der Waals surface area contributed by atoms with Crippen LogP contribution in [0.3, 0.4) is 0 Å². The maximum atomic E-state index is 11.1. The Kier molecular flexibility index (Phi) is 4.49. The third-order valence-electron chi connectivity index (χ3n) is 1.75. The van der Waals surface area contributed by atoms with E-state index in [0.29, 0.717) is 13.2 Å². The molecule has 1 rings (SSSR count). The average Bonchev–Trinajstić information content (AvgIpc) is 2.46. The molecule has 0 spiro atoms. The molecule has 0 amide bonds. The fraction of sp³-hybridized carbons (Fsp3) is 0.625. The van der Waals surface area contributed by atoms with Gasteiger partial charge in [0.05, 0.1) is 18.4 Å². The molecule has 1 aliphatic rings.